The Labute approximate surface area is 221 Å². The molecule has 0 bridgehead atoms. The molecule has 0 aromatic heterocycles. The zero-order valence-electron chi connectivity index (χ0n) is 20.7. The molecule has 0 aliphatic rings. The van der Waals surface area contributed by atoms with Crippen molar-refractivity contribution in [1.29, 1.82) is 0 Å². The molecule has 0 heterocycles. The zero-order chi connectivity index (χ0) is 26.5. The lowest BCUT2D eigenvalue weighted by molar-refractivity contribution is -0.139. The Morgan fingerprint density at radius 1 is 0.944 bits per heavy atom. The fourth-order valence-electron chi connectivity index (χ4n) is 3.68. The van der Waals surface area contributed by atoms with Gasteiger partial charge < -0.3 is 10.2 Å². The van der Waals surface area contributed by atoms with Crippen LogP contribution in [0.3, 0.4) is 0 Å². The number of sulfonamides is 1. The normalized spacial score (nSPS) is 12.0. The number of amides is 2. The molecular formula is C27H30BrN3O4S. The summed E-state index contributed by atoms with van der Waals surface area (Å²) in [4.78, 5) is 27.7. The fraction of sp³-hybridized carbons (Fsp3) is 0.259. The Balaban J connectivity index is 2.02. The number of anilines is 1. The molecule has 0 spiro atoms. The van der Waals surface area contributed by atoms with Gasteiger partial charge in [0.05, 0.1) is 10.6 Å². The second kappa shape index (κ2) is 11.7. The molecule has 0 saturated carbocycles. The second-order valence-electron chi connectivity index (χ2n) is 8.60. The number of halogens is 1. The van der Waals surface area contributed by atoms with Crippen LogP contribution in [0.2, 0.25) is 0 Å². The number of likely N-dealkylation sites (N-methyl/N-ethyl adjacent to an activating group) is 1. The highest BCUT2D eigenvalue weighted by Crippen LogP contribution is 2.27. The van der Waals surface area contributed by atoms with Crippen LogP contribution in [0.4, 0.5) is 5.69 Å². The summed E-state index contributed by atoms with van der Waals surface area (Å²) < 4.78 is 29.2. The third-order valence-electron chi connectivity index (χ3n) is 5.87. The summed E-state index contributed by atoms with van der Waals surface area (Å²) >= 11 is 3.39. The van der Waals surface area contributed by atoms with Gasteiger partial charge >= 0.3 is 0 Å². The molecule has 2 amide bonds. The molecule has 1 N–H and O–H groups in total. The minimum absolute atomic E-state index is 0.0744. The van der Waals surface area contributed by atoms with Crippen LogP contribution < -0.4 is 9.62 Å². The fourth-order valence-corrected chi connectivity index (χ4v) is 5.47. The summed E-state index contributed by atoms with van der Waals surface area (Å²) in [5, 5.41) is 2.58. The monoisotopic (exact) mass is 571 g/mol. The molecule has 0 aliphatic heterocycles. The van der Waals surface area contributed by atoms with Gasteiger partial charge in [0, 0.05) is 18.1 Å². The van der Waals surface area contributed by atoms with Crippen LogP contribution in [0.5, 0.6) is 0 Å². The highest BCUT2D eigenvalue weighted by Gasteiger charge is 2.32. The lowest BCUT2D eigenvalue weighted by Crippen LogP contribution is -2.50. The summed E-state index contributed by atoms with van der Waals surface area (Å²) in [6, 6.07) is 20.1. The minimum atomic E-state index is -4.08. The van der Waals surface area contributed by atoms with E-state index >= 15 is 0 Å². The maximum atomic E-state index is 13.7. The molecule has 190 valence electrons. The van der Waals surface area contributed by atoms with Crippen molar-refractivity contribution in [1.82, 2.24) is 10.2 Å². The van der Waals surface area contributed by atoms with E-state index in [0.29, 0.717) is 10.2 Å². The molecule has 0 radical (unpaired) electrons. The largest absolute Gasteiger partial charge is 0.357 e. The van der Waals surface area contributed by atoms with E-state index in [9.17, 15) is 18.0 Å². The number of rotatable bonds is 9. The van der Waals surface area contributed by atoms with Gasteiger partial charge in [-0.3, -0.25) is 13.9 Å². The van der Waals surface area contributed by atoms with E-state index in [1.807, 2.05) is 38.1 Å². The first kappa shape index (κ1) is 27.4. The van der Waals surface area contributed by atoms with Crippen molar-refractivity contribution in [2.24, 2.45) is 0 Å². The quantitative estimate of drug-likeness (QED) is 0.411. The van der Waals surface area contributed by atoms with Crippen LogP contribution in [-0.2, 0) is 26.2 Å². The molecular weight excluding hydrogens is 542 g/mol. The van der Waals surface area contributed by atoms with Crippen LogP contribution in [-0.4, -0.2) is 44.8 Å². The Morgan fingerprint density at radius 2 is 1.53 bits per heavy atom. The van der Waals surface area contributed by atoms with Crippen molar-refractivity contribution in [2.45, 2.75) is 38.3 Å². The molecule has 1 atom stereocenters. The van der Waals surface area contributed by atoms with Crippen LogP contribution in [0.25, 0.3) is 0 Å². The summed E-state index contributed by atoms with van der Waals surface area (Å²) in [5.74, 6) is -0.840. The molecule has 7 nitrogen and oxygen atoms in total. The van der Waals surface area contributed by atoms with Crippen molar-refractivity contribution in [3.8, 4) is 0 Å². The van der Waals surface area contributed by atoms with Gasteiger partial charge in [0.1, 0.15) is 12.6 Å². The van der Waals surface area contributed by atoms with E-state index in [-0.39, 0.29) is 17.3 Å². The van der Waals surface area contributed by atoms with Crippen molar-refractivity contribution in [2.75, 3.05) is 17.9 Å². The van der Waals surface area contributed by atoms with Crippen LogP contribution in [0.1, 0.15) is 23.6 Å². The van der Waals surface area contributed by atoms with Gasteiger partial charge in [0.15, 0.2) is 0 Å². The third kappa shape index (κ3) is 6.53. The SMILES string of the molecule is CNC(=O)[C@@H](C)N(Cc1ccc(C)cc1)C(=O)CN(c1cccc(Br)c1)S(=O)(=O)c1ccc(C)cc1. The Hall–Kier alpha value is -3.17. The number of nitrogens with zero attached hydrogens (tertiary/aromatic N) is 2. The predicted molar refractivity (Wildman–Crippen MR) is 145 cm³/mol. The van der Waals surface area contributed by atoms with Gasteiger partial charge in [-0.1, -0.05) is 69.5 Å². The van der Waals surface area contributed by atoms with Gasteiger partial charge in [-0.25, -0.2) is 8.42 Å². The first-order chi connectivity index (χ1) is 17.0. The first-order valence-corrected chi connectivity index (χ1v) is 13.7. The van der Waals surface area contributed by atoms with E-state index < -0.39 is 28.5 Å². The van der Waals surface area contributed by atoms with Gasteiger partial charge in [0.2, 0.25) is 11.8 Å². The zero-order valence-corrected chi connectivity index (χ0v) is 23.1. The number of nitrogens with one attached hydrogen (secondary N) is 1. The molecule has 3 rings (SSSR count). The van der Waals surface area contributed by atoms with Crippen molar-refractivity contribution in [3.05, 3.63) is 94.0 Å². The van der Waals surface area contributed by atoms with E-state index in [0.717, 1.165) is 21.0 Å². The lowest BCUT2D eigenvalue weighted by atomic mass is 10.1. The van der Waals surface area contributed by atoms with E-state index in [1.54, 1.807) is 43.3 Å². The summed E-state index contributed by atoms with van der Waals surface area (Å²) in [6.45, 7) is 5.15. The van der Waals surface area contributed by atoms with Crippen molar-refractivity contribution < 1.29 is 18.0 Å². The predicted octanol–water partition coefficient (Wildman–Crippen LogP) is 4.42. The molecule has 3 aromatic rings. The van der Waals surface area contributed by atoms with Crippen LogP contribution in [0, 0.1) is 13.8 Å². The maximum absolute atomic E-state index is 13.7. The standard InChI is InChI=1S/C27H30BrN3O4S/c1-19-8-12-22(13-9-19)17-30(21(3)27(33)29-4)26(32)18-31(24-7-5-6-23(28)16-24)36(34,35)25-14-10-20(2)11-15-25/h5-16,21H,17-18H2,1-4H3,(H,29,33)/t21-/m1/s1. The molecule has 0 unspecified atom stereocenters. The number of benzene rings is 3. The molecule has 0 aliphatic carbocycles. The van der Waals surface area contributed by atoms with Gasteiger partial charge in [-0.2, -0.15) is 0 Å². The number of carbonyl (C=O) groups is 2. The highest BCUT2D eigenvalue weighted by molar-refractivity contribution is 9.10. The summed E-state index contributed by atoms with van der Waals surface area (Å²) in [5.41, 5.74) is 3.16. The smallest absolute Gasteiger partial charge is 0.264 e. The Bertz CT molecular complexity index is 1330. The van der Waals surface area contributed by atoms with Crippen molar-refractivity contribution >= 4 is 43.5 Å². The Kier molecular flexibility index (Phi) is 8.92. The minimum Gasteiger partial charge on any atom is -0.357 e. The molecule has 0 saturated heterocycles. The Morgan fingerprint density at radius 3 is 2.08 bits per heavy atom. The topological polar surface area (TPSA) is 86.8 Å². The average Bonchev–Trinajstić information content (AvgIpc) is 2.86. The van der Waals surface area contributed by atoms with Crippen LogP contribution >= 0.6 is 15.9 Å². The van der Waals surface area contributed by atoms with Gasteiger partial charge in [0.25, 0.3) is 10.0 Å². The number of hydrogen-bond acceptors (Lipinski definition) is 4. The van der Waals surface area contributed by atoms with Crippen LogP contribution in [0.15, 0.2) is 82.2 Å². The molecule has 9 heteroatoms. The van der Waals surface area contributed by atoms with Gasteiger partial charge in [-0.15, -0.1) is 0 Å². The maximum Gasteiger partial charge on any atom is 0.264 e. The number of aryl methyl sites for hydroxylation is 2. The molecule has 3 aromatic carbocycles. The third-order valence-corrected chi connectivity index (χ3v) is 8.15. The molecule has 36 heavy (non-hydrogen) atoms. The number of hydrogen-bond donors (Lipinski definition) is 1. The molecule has 0 fully saturated rings. The van der Waals surface area contributed by atoms with E-state index in [4.69, 9.17) is 0 Å². The van der Waals surface area contributed by atoms with Gasteiger partial charge in [-0.05, 0) is 56.7 Å². The first-order valence-electron chi connectivity index (χ1n) is 11.4. The van der Waals surface area contributed by atoms with E-state index in [2.05, 4.69) is 21.2 Å². The summed E-state index contributed by atoms with van der Waals surface area (Å²) in [6.07, 6.45) is 0. The van der Waals surface area contributed by atoms with Crippen molar-refractivity contribution in [3.63, 3.8) is 0 Å². The van der Waals surface area contributed by atoms with E-state index in [1.165, 1.54) is 24.1 Å². The number of carbonyl (C=O) groups excluding carboxylic acids is 2. The lowest BCUT2D eigenvalue weighted by Gasteiger charge is -2.31. The second-order valence-corrected chi connectivity index (χ2v) is 11.4. The summed E-state index contributed by atoms with van der Waals surface area (Å²) in [7, 11) is -2.58. The average molecular weight is 573 g/mol. The highest BCUT2D eigenvalue weighted by atomic mass is 79.9.